The highest BCUT2D eigenvalue weighted by Gasteiger charge is 2.44. The predicted molar refractivity (Wildman–Crippen MR) is 113 cm³/mol. The Morgan fingerprint density at radius 1 is 0.630 bits per heavy atom. The second-order valence-electron chi connectivity index (χ2n) is 6.72. The summed E-state index contributed by atoms with van der Waals surface area (Å²) >= 11 is 0. The lowest BCUT2D eigenvalue weighted by atomic mass is 10.2. The maximum absolute atomic E-state index is 10.7. The molecule has 138 valence electrons. The highest BCUT2D eigenvalue weighted by Crippen LogP contribution is 2.55. The van der Waals surface area contributed by atoms with Gasteiger partial charge >= 0.3 is 0 Å². The summed E-state index contributed by atoms with van der Waals surface area (Å²) in [5, 5.41) is 14.9. The summed E-state index contributed by atoms with van der Waals surface area (Å²) in [6.07, 6.45) is 3.77. The van der Waals surface area contributed by atoms with Crippen molar-refractivity contribution in [2.45, 2.75) is 25.7 Å². The van der Waals surface area contributed by atoms with Crippen LogP contribution in [0.3, 0.4) is 0 Å². The first-order valence-electron chi connectivity index (χ1n) is 9.48. The van der Waals surface area contributed by atoms with E-state index in [-0.39, 0.29) is 6.42 Å². The molecule has 0 spiro atoms. The molecule has 0 atom stereocenters. The first-order valence-corrected chi connectivity index (χ1v) is 11.5. The van der Waals surface area contributed by atoms with E-state index in [9.17, 15) is 9.90 Å². The number of carbonyl (C=O) groups is 1. The highest BCUT2D eigenvalue weighted by atomic mass is 31.2. The van der Waals surface area contributed by atoms with E-state index < -0.39 is 13.2 Å². The topological polar surface area (TPSA) is 40.1 Å². The van der Waals surface area contributed by atoms with Crippen molar-refractivity contribution in [3.05, 3.63) is 91.0 Å². The molecule has 0 aliphatic carbocycles. The molecule has 3 aromatic rings. The molecule has 0 unspecified atom stereocenters. The Balaban J connectivity index is 2.02. The van der Waals surface area contributed by atoms with Crippen molar-refractivity contribution in [1.82, 2.24) is 0 Å². The number of carbonyl (C=O) groups excluding carboxylic acids is 1. The highest BCUT2D eigenvalue weighted by molar-refractivity contribution is 7.95. The van der Waals surface area contributed by atoms with Gasteiger partial charge in [-0.15, -0.1) is 0 Å². The first kappa shape index (κ1) is 19.3. The summed E-state index contributed by atoms with van der Waals surface area (Å²) in [6, 6.07) is 32.4. The lowest BCUT2D eigenvalue weighted by Gasteiger charge is -2.27. The Morgan fingerprint density at radius 2 is 1.04 bits per heavy atom. The number of aliphatic carboxylic acids is 1. The minimum Gasteiger partial charge on any atom is -0.550 e. The smallest absolute Gasteiger partial charge is 0.112 e. The third-order valence-corrected chi connectivity index (χ3v) is 9.49. The fourth-order valence-electron chi connectivity index (χ4n) is 3.68. The maximum Gasteiger partial charge on any atom is 0.112 e. The molecule has 0 amide bonds. The van der Waals surface area contributed by atoms with E-state index in [2.05, 4.69) is 91.0 Å². The van der Waals surface area contributed by atoms with E-state index in [1.165, 1.54) is 15.9 Å². The first-order chi connectivity index (χ1) is 13.2. The van der Waals surface area contributed by atoms with Gasteiger partial charge in [0.05, 0.1) is 6.16 Å². The zero-order valence-corrected chi connectivity index (χ0v) is 16.4. The van der Waals surface area contributed by atoms with E-state index in [1.54, 1.807) is 0 Å². The summed E-state index contributed by atoms with van der Waals surface area (Å²) in [6.45, 7) is 0. The van der Waals surface area contributed by atoms with Gasteiger partial charge in [0.2, 0.25) is 0 Å². The van der Waals surface area contributed by atoms with E-state index in [0.717, 1.165) is 19.0 Å². The van der Waals surface area contributed by atoms with Gasteiger partial charge in [0, 0.05) is 5.97 Å². The van der Waals surface area contributed by atoms with Gasteiger partial charge in [-0.25, -0.2) is 0 Å². The van der Waals surface area contributed by atoms with Crippen molar-refractivity contribution < 1.29 is 9.90 Å². The molecule has 0 aliphatic heterocycles. The van der Waals surface area contributed by atoms with E-state index in [0.29, 0.717) is 6.42 Å². The summed E-state index contributed by atoms with van der Waals surface area (Å²) < 4.78 is 0. The van der Waals surface area contributed by atoms with Gasteiger partial charge in [0.1, 0.15) is 23.2 Å². The second kappa shape index (κ2) is 9.48. The third-order valence-electron chi connectivity index (χ3n) is 4.97. The Morgan fingerprint density at radius 3 is 1.41 bits per heavy atom. The van der Waals surface area contributed by atoms with Crippen LogP contribution >= 0.6 is 7.26 Å². The molecule has 0 fully saturated rings. The zero-order valence-electron chi connectivity index (χ0n) is 15.5. The number of carboxylic acid groups (broad SMARTS) is 1. The molecule has 3 rings (SSSR count). The van der Waals surface area contributed by atoms with Crippen LogP contribution in [0.5, 0.6) is 0 Å². The van der Waals surface area contributed by atoms with Crippen molar-refractivity contribution in [3.63, 3.8) is 0 Å². The molecular formula is C24H25O2P. The molecule has 0 heterocycles. The molecular weight excluding hydrogens is 351 g/mol. The van der Waals surface area contributed by atoms with E-state index in [1.807, 2.05) is 0 Å². The van der Waals surface area contributed by atoms with Gasteiger partial charge in [0.15, 0.2) is 0 Å². The molecule has 0 radical (unpaired) electrons. The number of hydrogen-bond acceptors (Lipinski definition) is 2. The molecule has 27 heavy (non-hydrogen) atoms. The molecule has 0 saturated heterocycles. The van der Waals surface area contributed by atoms with Crippen LogP contribution in [-0.2, 0) is 4.79 Å². The molecule has 2 nitrogen and oxygen atoms in total. The van der Waals surface area contributed by atoms with Crippen molar-refractivity contribution >= 4 is 29.1 Å². The molecule has 0 N–H and O–H groups in total. The van der Waals surface area contributed by atoms with Crippen molar-refractivity contribution in [3.8, 4) is 0 Å². The fourth-order valence-corrected chi connectivity index (χ4v) is 8.09. The minimum absolute atomic E-state index is 0.146. The average Bonchev–Trinajstić information content (AvgIpc) is 2.73. The lowest BCUT2D eigenvalue weighted by molar-refractivity contribution is -0.305. The fraction of sp³-hybridized carbons (Fsp3) is 0.208. The van der Waals surface area contributed by atoms with E-state index in [4.69, 9.17) is 0 Å². The van der Waals surface area contributed by atoms with Crippen molar-refractivity contribution in [2.75, 3.05) is 6.16 Å². The Labute approximate surface area is 162 Å². The van der Waals surface area contributed by atoms with Gasteiger partial charge < -0.3 is 9.90 Å². The van der Waals surface area contributed by atoms with Crippen LogP contribution in [0.25, 0.3) is 0 Å². The van der Waals surface area contributed by atoms with Crippen molar-refractivity contribution in [1.29, 1.82) is 0 Å². The number of rotatable bonds is 9. The number of carboxylic acids is 1. The third kappa shape index (κ3) is 4.64. The molecule has 3 heteroatoms. The Bertz CT molecular complexity index is 735. The molecule has 0 saturated carbocycles. The SMILES string of the molecule is O=C([O-])CCCCC[P+](c1ccccc1)(c1ccccc1)c1ccccc1. The zero-order chi connectivity index (χ0) is 19.0. The van der Waals surface area contributed by atoms with Gasteiger partial charge in [-0.1, -0.05) is 54.6 Å². The molecule has 0 bridgehead atoms. The van der Waals surface area contributed by atoms with Crippen LogP contribution in [-0.4, -0.2) is 12.1 Å². The molecule has 0 aliphatic rings. The van der Waals surface area contributed by atoms with Gasteiger partial charge in [-0.2, -0.15) is 0 Å². The van der Waals surface area contributed by atoms with Crippen LogP contribution in [0.1, 0.15) is 25.7 Å². The lowest BCUT2D eigenvalue weighted by Crippen LogP contribution is -2.33. The van der Waals surface area contributed by atoms with Crippen LogP contribution in [0.2, 0.25) is 0 Å². The van der Waals surface area contributed by atoms with Crippen LogP contribution in [0.4, 0.5) is 0 Å². The van der Waals surface area contributed by atoms with Crippen LogP contribution in [0, 0.1) is 0 Å². The average molecular weight is 376 g/mol. The van der Waals surface area contributed by atoms with Crippen molar-refractivity contribution in [2.24, 2.45) is 0 Å². The van der Waals surface area contributed by atoms with Gasteiger partial charge in [-0.05, 0) is 62.1 Å². The molecule has 0 aromatic heterocycles. The quantitative estimate of drug-likeness (QED) is 0.425. The number of hydrogen-bond donors (Lipinski definition) is 0. The normalized spacial score (nSPS) is 11.3. The van der Waals surface area contributed by atoms with E-state index >= 15 is 0 Å². The Kier molecular flexibility index (Phi) is 6.79. The van der Waals surface area contributed by atoms with Crippen LogP contribution in [0.15, 0.2) is 91.0 Å². The summed E-state index contributed by atoms with van der Waals surface area (Å²) in [4.78, 5) is 10.7. The maximum atomic E-state index is 10.7. The van der Waals surface area contributed by atoms with Gasteiger partial charge in [-0.3, -0.25) is 0 Å². The monoisotopic (exact) mass is 376 g/mol. The predicted octanol–water partition coefficient (Wildman–Crippen LogP) is 3.29. The summed E-state index contributed by atoms with van der Waals surface area (Å²) in [5.74, 6) is -0.953. The number of benzene rings is 3. The largest absolute Gasteiger partial charge is 0.550 e. The van der Waals surface area contributed by atoms with Gasteiger partial charge in [0.25, 0.3) is 0 Å². The second-order valence-corrected chi connectivity index (χ2v) is 10.3. The number of unbranched alkanes of at least 4 members (excludes halogenated alkanes) is 2. The summed E-state index contributed by atoms with van der Waals surface area (Å²) in [7, 11) is -1.78. The standard InChI is InChI=1S/C24H25O2P/c25-24(26)19-11-4-12-20-27(21-13-5-1-6-14-21,22-15-7-2-8-16-22)23-17-9-3-10-18-23/h1-3,5-10,13-18H,4,11-12,19-20H2. The van der Waals surface area contributed by atoms with Crippen LogP contribution < -0.4 is 21.0 Å². The molecule has 3 aromatic carbocycles. The minimum atomic E-state index is -1.78. The summed E-state index contributed by atoms with van der Waals surface area (Å²) in [5.41, 5.74) is 0. The Hall–Kier alpha value is -2.44.